The lowest BCUT2D eigenvalue weighted by molar-refractivity contribution is 0.110. The van der Waals surface area contributed by atoms with Gasteiger partial charge in [0.1, 0.15) is 5.56 Å². The Morgan fingerprint density at radius 2 is 2.33 bits per heavy atom. The number of hydrogen-bond acceptors (Lipinski definition) is 1. The van der Waals surface area contributed by atoms with E-state index in [1.807, 2.05) is 6.92 Å². The number of halogens is 1. The zero-order valence-electron chi connectivity index (χ0n) is 5.77. The van der Waals surface area contributed by atoms with E-state index < -0.39 is 0 Å². The summed E-state index contributed by atoms with van der Waals surface area (Å²) < 4.78 is 5.16. The third-order valence-electron chi connectivity index (χ3n) is 1.56. The molecule has 1 nitrogen and oxygen atoms in total. The average Bonchev–Trinajstić information content (AvgIpc) is 2.50. The van der Waals surface area contributed by atoms with Crippen LogP contribution in [0.3, 0.4) is 0 Å². The van der Waals surface area contributed by atoms with Crippen LogP contribution in [0.25, 0.3) is 0 Å². The molecule has 0 heterocycles. The summed E-state index contributed by atoms with van der Waals surface area (Å²) in [5.41, 5.74) is -0.0255. The molecule has 1 atom stereocenters. The first-order chi connectivity index (χ1) is 4.33. The molecule has 0 radical (unpaired) electrons. The molecule has 1 aliphatic rings. The lowest BCUT2D eigenvalue weighted by Crippen LogP contribution is -2.04. The van der Waals surface area contributed by atoms with E-state index in [4.69, 9.17) is 16.3 Å². The van der Waals surface area contributed by atoms with Gasteiger partial charge in [-0.05, 0) is 19.3 Å². The van der Waals surface area contributed by atoms with Crippen LogP contribution in [-0.4, -0.2) is 12.2 Å². The van der Waals surface area contributed by atoms with E-state index in [-0.39, 0.29) is 5.56 Å². The van der Waals surface area contributed by atoms with Crippen molar-refractivity contribution in [3.05, 3.63) is 0 Å². The van der Waals surface area contributed by atoms with Gasteiger partial charge in [0.2, 0.25) is 0 Å². The SMILES string of the molecule is CCOC(Cl)CC1CC1. The fourth-order valence-electron chi connectivity index (χ4n) is 0.865. The fraction of sp³-hybridized carbons (Fsp3) is 1.00. The molecule has 1 aliphatic carbocycles. The maximum Gasteiger partial charge on any atom is 0.131 e. The Kier molecular flexibility index (Phi) is 2.80. The third kappa shape index (κ3) is 3.07. The number of alkyl halides is 1. The molecule has 0 aromatic carbocycles. The van der Waals surface area contributed by atoms with E-state index in [0.717, 1.165) is 18.9 Å². The molecule has 54 valence electrons. The van der Waals surface area contributed by atoms with Crippen molar-refractivity contribution in [3.8, 4) is 0 Å². The van der Waals surface area contributed by atoms with Gasteiger partial charge in [-0.1, -0.05) is 24.4 Å². The molecular weight excluding hydrogens is 136 g/mol. The Bertz CT molecular complexity index is 81.0. The lowest BCUT2D eigenvalue weighted by atomic mass is 10.3. The number of rotatable bonds is 4. The van der Waals surface area contributed by atoms with Crippen LogP contribution in [0.5, 0.6) is 0 Å². The van der Waals surface area contributed by atoms with Crippen LogP contribution in [0.2, 0.25) is 0 Å². The van der Waals surface area contributed by atoms with Gasteiger partial charge in [0.25, 0.3) is 0 Å². The Balaban J connectivity index is 1.95. The molecule has 0 aliphatic heterocycles. The second-order valence-corrected chi connectivity index (χ2v) is 3.03. The second kappa shape index (κ2) is 3.43. The highest BCUT2D eigenvalue weighted by Crippen LogP contribution is 2.34. The van der Waals surface area contributed by atoms with E-state index in [0.29, 0.717) is 0 Å². The normalized spacial score (nSPS) is 22.0. The monoisotopic (exact) mass is 148 g/mol. The van der Waals surface area contributed by atoms with Crippen molar-refractivity contribution in [1.29, 1.82) is 0 Å². The van der Waals surface area contributed by atoms with Crippen molar-refractivity contribution in [2.75, 3.05) is 6.61 Å². The van der Waals surface area contributed by atoms with E-state index in [1.54, 1.807) is 0 Å². The van der Waals surface area contributed by atoms with Gasteiger partial charge < -0.3 is 4.74 Å². The summed E-state index contributed by atoms with van der Waals surface area (Å²) in [4.78, 5) is 0. The lowest BCUT2D eigenvalue weighted by Gasteiger charge is -2.06. The first-order valence-corrected chi connectivity index (χ1v) is 4.02. The van der Waals surface area contributed by atoms with Gasteiger partial charge in [0.05, 0.1) is 0 Å². The van der Waals surface area contributed by atoms with Crippen molar-refractivity contribution >= 4 is 11.6 Å². The molecule has 1 unspecified atom stereocenters. The molecule has 2 heteroatoms. The predicted molar refractivity (Wildman–Crippen MR) is 38.6 cm³/mol. The van der Waals surface area contributed by atoms with Crippen molar-refractivity contribution in [2.45, 2.75) is 31.7 Å². The molecule has 1 rings (SSSR count). The van der Waals surface area contributed by atoms with Crippen LogP contribution in [-0.2, 0) is 4.74 Å². The van der Waals surface area contributed by atoms with Crippen LogP contribution in [0.4, 0.5) is 0 Å². The summed E-state index contributed by atoms with van der Waals surface area (Å²) in [5, 5.41) is 0. The molecular formula is C7H13ClO. The van der Waals surface area contributed by atoms with Gasteiger partial charge in [-0.15, -0.1) is 0 Å². The van der Waals surface area contributed by atoms with Gasteiger partial charge in [-0.25, -0.2) is 0 Å². The van der Waals surface area contributed by atoms with Crippen molar-refractivity contribution in [3.63, 3.8) is 0 Å². The van der Waals surface area contributed by atoms with Gasteiger partial charge in [-0.2, -0.15) is 0 Å². The van der Waals surface area contributed by atoms with Crippen LogP contribution >= 0.6 is 11.6 Å². The molecule has 9 heavy (non-hydrogen) atoms. The Morgan fingerprint density at radius 3 is 2.78 bits per heavy atom. The summed E-state index contributed by atoms with van der Waals surface area (Å²) in [6, 6.07) is 0. The molecule has 1 fully saturated rings. The van der Waals surface area contributed by atoms with Crippen LogP contribution in [0, 0.1) is 5.92 Å². The molecule has 0 bridgehead atoms. The van der Waals surface area contributed by atoms with E-state index in [1.165, 1.54) is 12.8 Å². The zero-order chi connectivity index (χ0) is 6.69. The first-order valence-electron chi connectivity index (χ1n) is 3.58. The van der Waals surface area contributed by atoms with Crippen molar-refractivity contribution in [2.24, 2.45) is 5.92 Å². The number of hydrogen-bond donors (Lipinski definition) is 0. The molecule has 0 saturated heterocycles. The maximum absolute atomic E-state index is 5.79. The van der Waals surface area contributed by atoms with E-state index in [2.05, 4.69) is 0 Å². The highest BCUT2D eigenvalue weighted by atomic mass is 35.5. The maximum atomic E-state index is 5.79. The van der Waals surface area contributed by atoms with Crippen molar-refractivity contribution in [1.82, 2.24) is 0 Å². The largest absolute Gasteiger partial charge is 0.363 e. The minimum Gasteiger partial charge on any atom is -0.363 e. The molecule has 1 saturated carbocycles. The minimum absolute atomic E-state index is 0.0255. The van der Waals surface area contributed by atoms with Crippen LogP contribution in [0.1, 0.15) is 26.2 Å². The highest BCUT2D eigenvalue weighted by Gasteiger charge is 2.24. The predicted octanol–water partition coefficient (Wildman–Crippen LogP) is 2.39. The first kappa shape index (κ1) is 7.36. The third-order valence-corrected chi connectivity index (χ3v) is 1.87. The van der Waals surface area contributed by atoms with E-state index >= 15 is 0 Å². The fourth-order valence-corrected chi connectivity index (χ4v) is 1.24. The summed E-state index contributed by atoms with van der Waals surface area (Å²) in [7, 11) is 0. The van der Waals surface area contributed by atoms with Gasteiger partial charge >= 0.3 is 0 Å². The molecule has 0 spiro atoms. The molecule has 0 N–H and O–H groups in total. The van der Waals surface area contributed by atoms with Crippen LogP contribution < -0.4 is 0 Å². The van der Waals surface area contributed by atoms with Gasteiger partial charge in [0, 0.05) is 6.61 Å². The van der Waals surface area contributed by atoms with Gasteiger partial charge in [0.15, 0.2) is 0 Å². The Hall–Kier alpha value is 0.250. The Labute approximate surface area is 61.3 Å². The zero-order valence-corrected chi connectivity index (χ0v) is 6.53. The smallest absolute Gasteiger partial charge is 0.131 e. The standard InChI is InChI=1S/C7H13ClO/c1-2-9-7(8)5-6-3-4-6/h6-7H,2-5H2,1H3. The molecule has 0 aromatic heterocycles. The quantitative estimate of drug-likeness (QED) is 0.557. The minimum atomic E-state index is -0.0255. The second-order valence-electron chi connectivity index (χ2n) is 2.54. The highest BCUT2D eigenvalue weighted by molar-refractivity contribution is 6.19. The Morgan fingerprint density at radius 1 is 1.67 bits per heavy atom. The summed E-state index contributed by atoms with van der Waals surface area (Å²) in [6.07, 6.45) is 3.77. The summed E-state index contributed by atoms with van der Waals surface area (Å²) >= 11 is 5.79. The van der Waals surface area contributed by atoms with Gasteiger partial charge in [-0.3, -0.25) is 0 Å². The van der Waals surface area contributed by atoms with E-state index in [9.17, 15) is 0 Å². The molecule has 0 aromatic rings. The summed E-state index contributed by atoms with van der Waals surface area (Å²) in [6.45, 7) is 2.71. The topological polar surface area (TPSA) is 9.23 Å². The summed E-state index contributed by atoms with van der Waals surface area (Å²) in [5.74, 6) is 0.874. The van der Waals surface area contributed by atoms with Crippen molar-refractivity contribution < 1.29 is 4.74 Å². The number of ether oxygens (including phenoxy) is 1. The average molecular weight is 149 g/mol. The molecule has 0 amide bonds. The van der Waals surface area contributed by atoms with Crippen LogP contribution in [0.15, 0.2) is 0 Å².